The van der Waals surface area contributed by atoms with E-state index >= 15 is 0 Å². The first-order valence-corrected chi connectivity index (χ1v) is 3.48. The van der Waals surface area contributed by atoms with E-state index in [1.165, 1.54) is 29.2 Å². The SMILES string of the molecule is O=C(O)c1coc([AsH2])c1. The van der Waals surface area contributed by atoms with Crippen LogP contribution in [0.4, 0.5) is 0 Å². The van der Waals surface area contributed by atoms with E-state index in [4.69, 9.17) is 9.52 Å². The number of aromatic carboxylic acids is 1. The Morgan fingerprint density at radius 3 is 2.67 bits per heavy atom. The Labute approximate surface area is 60.2 Å². The molecule has 0 amide bonds. The predicted molar refractivity (Wildman–Crippen MR) is 33.8 cm³/mol. The molecule has 0 saturated carbocycles. The Morgan fingerprint density at radius 1 is 1.78 bits per heavy atom. The van der Waals surface area contributed by atoms with Crippen LogP contribution in [0.1, 0.15) is 10.4 Å². The first-order valence-electron chi connectivity index (χ1n) is 2.27. The summed E-state index contributed by atoms with van der Waals surface area (Å²) in [6.45, 7) is 0. The topological polar surface area (TPSA) is 50.4 Å². The summed E-state index contributed by atoms with van der Waals surface area (Å²) in [6, 6.07) is 1.50. The molecule has 4 heteroatoms. The molecule has 1 atom stereocenters. The maximum absolute atomic E-state index is 10.2. The number of carboxylic acids is 1. The van der Waals surface area contributed by atoms with Crippen LogP contribution >= 0.6 is 0 Å². The zero-order valence-electron chi connectivity index (χ0n) is 4.50. The van der Waals surface area contributed by atoms with Gasteiger partial charge in [-0.2, -0.15) is 0 Å². The van der Waals surface area contributed by atoms with Gasteiger partial charge in [0.2, 0.25) is 0 Å². The molecule has 1 heterocycles. The summed E-state index contributed by atoms with van der Waals surface area (Å²) in [7, 11) is 0. The zero-order valence-corrected chi connectivity index (χ0v) is 6.92. The van der Waals surface area contributed by atoms with Gasteiger partial charge in [-0.05, 0) is 0 Å². The predicted octanol–water partition coefficient (Wildman–Crippen LogP) is -0.764. The minimum absolute atomic E-state index is 0.217. The Hall–Kier alpha value is -0.692. The van der Waals surface area contributed by atoms with Crippen molar-refractivity contribution in [2.45, 2.75) is 0 Å². The third-order valence-corrected chi connectivity index (χ3v) is 1.50. The van der Waals surface area contributed by atoms with Crippen LogP contribution in [0.15, 0.2) is 16.7 Å². The third-order valence-electron chi connectivity index (χ3n) is 0.867. The molecule has 1 unspecified atom stereocenters. The molecule has 0 bridgehead atoms. The van der Waals surface area contributed by atoms with E-state index in [1.54, 1.807) is 0 Å². The molecule has 1 aromatic rings. The average Bonchev–Trinajstić information content (AvgIpc) is 2.14. The van der Waals surface area contributed by atoms with Crippen LogP contribution in [0.5, 0.6) is 0 Å². The number of carboxylic acid groups (broad SMARTS) is 1. The van der Waals surface area contributed by atoms with Gasteiger partial charge >= 0.3 is 59.6 Å². The standard InChI is InChI=1S/C5H5AsO3/c6-4-1-3(2-9-4)5(7)8/h1-2H,6H2,(H,7,8). The molecule has 1 aromatic heterocycles. The Bertz CT molecular complexity index is 228. The van der Waals surface area contributed by atoms with Gasteiger partial charge in [0, 0.05) is 0 Å². The van der Waals surface area contributed by atoms with Crippen LogP contribution in [-0.4, -0.2) is 27.9 Å². The monoisotopic (exact) mass is 188 g/mol. The Morgan fingerprint density at radius 2 is 2.44 bits per heavy atom. The van der Waals surface area contributed by atoms with E-state index in [-0.39, 0.29) is 5.56 Å². The van der Waals surface area contributed by atoms with Crippen LogP contribution in [0.25, 0.3) is 0 Å². The number of hydrogen-bond acceptors (Lipinski definition) is 2. The molecule has 0 aliphatic rings. The van der Waals surface area contributed by atoms with E-state index in [9.17, 15) is 4.79 Å². The summed E-state index contributed by atoms with van der Waals surface area (Å²) in [4.78, 5) is 10.2. The number of furan rings is 1. The van der Waals surface area contributed by atoms with Gasteiger partial charge in [0.1, 0.15) is 0 Å². The van der Waals surface area contributed by atoms with Crippen molar-refractivity contribution in [3.8, 4) is 0 Å². The second-order valence-corrected chi connectivity index (χ2v) is 2.74. The van der Waals surface area contributed by atoms with Crippen LogP contribution < -0.4 is 4.55 Å². The fourth-order valence-corrected chi connectivity index (χ4v) is 0.984. The van der Waals surface area contributed by atoms with Crippen molar-refractivity contribution < 1.29 is 14.3 Å². The first-order chi connectivity index (χ1) is 4.20. The van der Waals surface area contributed by atoms with Crippen molar-refractivity contribution in [3.05, 3.63) is 17.9 Å². The van der Waals surface area contributed by atoms with E-state index in [1.807, 2.05) is 0 Å². The molecule has 48 valence electrons. The van der Waals surface area contributed by atoms with Crippen LogP contribution in [0.2, 0.25) is 0 Å². The van der Waals surface area contributed by atoms with Gasteiger partial charge in [-0.1, -0.05) is 0 Å². The molecule has 0 aliphatic carbocycles. The summed E-state index contributed by atoms with van der Waals surface area (Å²) in [5.74, 6) is -0.942. The summed E-state index contributed by atoms with van der Waals surface area (Å²) in [6.07, 6.45) is 1.24. The molecule has 3 nitrogen and oxygen atoms in total. The summed E-state index contributed by atoms with van der Waals surface area (Å²) in [5, 5.41) is 8.35. The minimum atomic E-state index is -0.942. The molecule has 1 N–H and O–H groups in total. The second-order valence-electron chi connectivity index (χ2n) is 1.54. The van der Waals surface area contributed by atoms with Crippen molar-refractivity contribution in [1.29, 1.82) is 0 Å². The van der Waals surface area contributed by atoms with Crippen LogP contribution in [0.3, 0.4) is 0 Å². The van der Waals surface area contributed by atoms with Crippen molar-refractivity contribution in [2.75, 3.05) is 0 Å². The van der Waals surface area contributed by atoms with Gasteiger partial charge in [0.05, 0.1) is 0 Å². The maximum atomic E-state index is 10.2. The van der Waals surface area contributed by atoms with Gasteiger partial charge < -0.3 is 0 Å². The van der Waals surface area contributed by atoms with Crippen molar-refractivity contribution >= 4 is 27.4 Å². The molecule has 0 aliphatic heterocycles. The summed E-state index contributed by atoms with van der Waals surface area (Å²) < 4.78 is 5.45. The van der Waals surface area contributed by atoms with Crippen molar-refractivity contribution in [1.82, 2.24) is 0 Å². The molecule has 0 saturated heterocycles. The fourth-order valence-electron chi connectivity index (χ4n) is 0.465. The van der Waals surface area contributed by atoms with Crippen molar-refractivity contribution in [2.24, 2.45) is 0 Å². The van der Waals surface area contributed by atoms with E-state index < -0.39 is 5.97 Å². The number of rotatable bonds is 1. The van der Waals surface area contributed by atoms with Gasteiger partial charge in [0.25, 0.3) is 0 Å². The summed E-state index contributed by atoms with van der Waals surface area (Å²) >= 11 is 1.28. The zero-order chi connectivity index (χ0) is 6.85. The average molecular weight is 188 g/mol. The van der Waals surface area contributed by atoms with E-state index in [2.05, 4.69) is 0 Å². The third kappa shape index (κ3) is 1.36. The van der Waals surface area contributed by atoms with Gasteiger partial charge in [-0.3, -0.25) is 0 Å². The first kappa shape index (κ1) is 6.43. The van der Waals surface area contributed by atoms with E-state index in [0.29, 0.717) is 4.55 Å². The number of carbonyl (C=O) groups is 1. The van der Waals surface area contributed by atoms with Crippen molar-refractivity contribution in [3.63, 3.8) is 0 Å². The van der Waals surface area contributed by atoms with Gasteiger partial charge in [-0.15, -0.1) is 0 Å². The Balaban J connectivity index is 2.98. The second kappa shape index (κ2) is 2.27. The quantitative estimate of drug-likeness (QED) is 0.589. The molecular formula is C5H5AsO3. The van der Waals surface area contributed by atoms with Gasteiger partial charge in [0.15, 0.2) is 0 Å². The molecule has 9 heavy (non-hydrogen) atoms. The molecule has 0 fully saturated rings. The Kier molecular flexibility index (Phi) is 1.62. The van der Waals surface area contributed by atoms with Crippen LogP contribution in [-0.2, 0) is 0 Å². The van der Waals surface area contributed by atoms with E-state index in [0.717, 1.165) is 0 Å². The molecule has 1 rings (SSSR count). The fraction of sp³-hybridized carbons (Fsp3) is 0. The number of hydrogen-bond donors (Lipinski definition) is 1. The molecule has 0 radical (unpaired) electrons. The molecule has 0 spiro atoms. The normalized spacial score (nSPS) is 9.44. The summed E-state index contributed by atoms with van der Waals surface area (Å²) in [5.41, 5.74) is 0.217. The molecule has 0 aromatic carbocycles. The van der Waals surface area contributed by atoms with Crippen LogP contribution in [0, 0.1) is 0 Å². The van der Waals surface area contributed by atoms with Gasteiger partial charge in [-0.25, -0.2) is 0 Å². The molecular weight excluding hydrogens is 183 g/mol.